The van der Waals surface area contributed by atoms with Gasteiger partial charge in [0.05, 0.1) is 7.11 Å². The highest BCUT2D eigenvalue weighted by Gasteiger charge is 2.25. The van der Waals surface area contributed by atoms with Gasteiger partial charge in [0.15, 0.2) is 0 Å². The van der Waals surface area contributed by atoms with Crippen LogP contribution in [0.25, 0.3) is 10.6 Å². The van der Waals surface area contributed by atoms with Crippen LogP contribution in [0.15, 0.2) is 60.1 Å². The molecule has 1 aliphatic rings. The summed E-state index contributed by atoms with van der Waals surface area (Å²) in [5.41, 5.74) is 3.66. The molecule has 0 bridgehead atoms. The fourth-order valence-corrected chi connectivity index (χ4v) is 4.41. The van der Waals surface area contributed by atoms with Crippen LogP contribution in [0.4, 0.5) is 0 Å². The topological polar surface area (TPSA) is 109 Å². The number of benzene rings is 2. The van der Waals surface area contributed by atoms with Crippen molar-refractivity contribution < 1.29 is 15.7 Å². The lowest BCUT2D eigenvalue weighted by molar-refractivity contribution is 0.303. The molecular weight excluding hydrogens is 493 g/mol. The maximum atomic E-state index is 5.60. The van der Waals surface area contributed by atoms with Gasteiger partial charge in [0.2, 0.25) is 0 Å². The minimum Gasteiger partial charge on any atom is -0.496 e. The molecule has 2 aromatic carbocycles. The van der Waals surface area contributed by atoms with Crippen molar-refractivity contribution in [3.63, 3.8) is 0 Å². The van der Waals surface area contributed by atoms with Crippen LogP contribution in [-0.2, 0) is 6.54 Å². The van der Waals surface area contributed by atoms with Crippen molar-refractivity contribution in [1.29, 1.82) is 0 Å². The number of halogens is 3. The third-order valence-corrected chi connectivity index (χ3v) is 5.95. The first kappa shape index (κ1) is 32.8. The molecule has 0 saturated carbocycles. The van der Waals surface area contributed by atoms with E-state index in [1.165, 1.54) is 24.0 Å². The van der Waals surface area contributed by atoms with Gasteiger partial charge in [-0.3, -0.25) is 0 Å². The molecule has 4 rings (SSSR count). The van der Waals surface area contributed by atoms with E-state index in [1.54, 1.807) is 18.4 Å². The summed E-state index contributed by atoms with van der Waals surface area (Å²) in [7, 11) is 1.73. The molecule has 1 fully saturated rings. The van der Waals surface area contributed by atoms with Gasteiger partial charge in [0, 0.05) is 41.3 Å². The van der Waals surface area contributed by atoms with E-state index in [1.807, 2.05) is 17.6 Å². The Labute approximate surface area is 212 Å². The summed E-state index contributed by atoms with van der Waals surface area (Å²) in [6.45, 7) is 1.85. The molecule has 1 aromatic heterocycles. The number of thiazole rings is 1. The molecule has 2 heterocycles. The van der Waals surface area contributed by atoms with Crippen molar-refractivity contribution in [1.82, 2.24) is 15.6 Å². The monoisotopic (exact) mass is 523 g/mol. The number of piperidine rings is 1. The predicted molar refractivity (Wildman–Crippen MR) is 140 cm³/mol. The molecule has 32 heavy (non-hydrogen) atoms. The second-order valence-electron chi connectivity index (χ2n) is 6.84. The molecule has 0 spiro atoms. The van der Waals surface area contributed by atoms with E-state index in [0.717, 1.165) is 29.4 Å². The number of nitrogens with one attached hydrogen (secondary N) is 2. The standard InChI is InChI=1S/C22H25N3OS.3ClH.2H2O/c1-26-20-10-9-17(22-24-12-13-27-22)14-18(20)15-25-19-8-5-11-23-21(19)16-6-3-2-4-7-16;;;;;/h2-4,6-7,9-10,12-14,19,21,23,25H,5,8,11,15H2,1H3;3*1H;2*1H2/t19-,21-;;;;;/m0...../s1. The largest absolute Gasteiger partial charge is 0.496 e. The Bertz CT molecular complexity index is 873. The van der Waals surface area contributed by atoms with Crippen LogP contribution in [0.1, 0.15) is 30.0 Å². The summed E-state index contributed by atoms with van der Waals surface area (Å²) in [6.07, 6.45) is 4.21. The first-order valence-corrected chi connectivity index (χ1v) is 10.3. The number of rotatable bonds is 6. The van der Waals surface area contributed by atoms with Crippen LogP contribution in [0.2, 0.25) is 0 Å². The molecule has 2 atom stereocenters. The summed E-state index contributed by atoms with van der Waals surface area (Å²) in [6, 6.07) is 17.8. The Hall–Kier alpha value is -1.42. The maximum Gasteiger partial charge on any atom is 0.123 e. The fraction of sp³-hybridized carbons (Fsp3) is 0.318. The number of hydrogen-bond acceptors (Lipinski definition) is 5. The number of hydrogen-bond donors (Lipinski definition) is 2. The quantitative estimate of drug-likeness (QED) is 0.507. The summed E-state index contributed by atoms with van der Waals surface area (Å²) in [5, 5.41) is 10.5. The number of nitrogens with zero attached hydrogens (tertiary/aromatic N) is 1. The van der Waals surface area contributed by atoms with Crippen LogP contribution in [0, 0.1) is 0 Å². The normalized spacial score (nSPS) is 16.7. The number of ether oxygens (including phenoxy) is 1. The van der Waals surface area contributed by atoms with Gasteiger partial charge >= 0.3 is 0 Å². The van der Waals surface area contributed by atoms with Crippen LogP contribution in [0.5, 0.6) is 5.75 Å². The zero-order valence-electron chi connectivity index (χ0n) is 17.7. The lowest BCUT2D eigenvalue weighted by atomic mass is 9.92. The maximum absolute atomic E-state index is 5.60. The van der Waals surface area contributed by atoms with Crippen molar-refractivity contribution >= 4 is 48.6 Å². The minimum absolute atomic E-state index is 0. The molecule has 3 aromatic rings. The predicted octanol–water partition coefficient (Wildman–Crippen LogP) is 4.02. The molecule has 1 aliphatic heterocycles. The molecule has 6 nitrogen and oxygen atoms in total. The van der Waals surface area contributed by atoms with E-state index >= 15 is 0 Å². The Balaban J connectivity index is 0. The number of aromatic nitrogens is 1. The van der Waals surface area contributed by atoms with Gasteiger partial charge in [0.1, 0.15) is 10.8 Å². The zero-order chi connectivity index (χ0) is 18.5. The van der Waals surface area contributed by atoms with E-state index in [9.17, 15) is 0 Å². The lowest BCUT2D eigenvalue weighted by Gasteiger charge is -2.34. The Kier molecular flexibility index (Phi) is 16.6. The Morgan fingerprint density at radius 2 is 1.84 bits per heavy atom. The van der Waals surface area contributed by atoms with Gasteiger partial charge in [-0.25, -0.2) is 4.98 Å². The summed E-state index contributed by atoms with van der Waals surface area (Å²) < 4.78 is 5.60. The van der Waals surface area contributed by atoms with Crippen molar-refractivity contribution in [3.05, 3.63) is 71.2 Å². The molecule has 1 saturated heterocycles. The van der Waals surface area contributed by atoms with Crippen molar-refractivity contribution in [2.24, 2.45) is 0 Å². The van der Waals surface area contributed by atoms with Gasteiger partial charge in [-0.05, 0) is 43.1 Å². The van der Waals surface area contributed by atoms with E-state index in [0.29, 0.717) is 12.1 Å². The summed E-state index contributed by atoms with van der Waals surface area (Å²) >= 11 is 1.66. The first-order valence-electron chi connectivity index (χ1n) is 9.43. The molecule has 180 valence electrons. The van der Waals surface area contributed by atoms with Crippen LogP contribution < -0.4 is 15.4 Å². The molecule has 10 heteroatoms. The fourth-order valence-electron chi connectivity index (χ4n) is 3.78. The smallest absolute Gasteiger partial charge is 0.123 e. The van der Waals surface area contributed by atoms with Crippen LogP contribution in [0.3, 0.4) is 0 Å². The number of methoxy groups -OCH3 is 1. The third kappa shape index (κ3) is 7.86. The third-order valence-electron chi connectivity index (χ3n) is 5.13. The van der Waals surface area contributed by atoms with Crippen molar-refractivity contribution in [3.8, 4) is 16.3 Å². The minimum atomic E-state index is 0. The van der Waals surface area contributed by atoms with Gasteiger partial charge in [-0.15, -0.1) is 48.6 Å². The van der Waals surface area contributed by atoms with E-state index in [4.69, 9.17) is 4.74 Å². The second-order valence-corrected chi connectivity index (χ2v) is 7.73. The van der Waals surface area contributed by atoms with Gasteiger partial charge in [-0.2, -0.15) is 0 Å². The average molecular weight is 525 g/mol. The molecule has 0 radical (unpaired) electrons. The van der Waals surface area contributed by atoms with Gasteiger partial charge in [-0.1, -0.05) is 30.3 Å². The van der Waals surface area contributed by atoms with Crippen LogP contribution >= 0.6 is 48.6 Å². The lowest BCUT2D eigenvalue weighted by Crippen LogP contribution is -2.45. The van der Waals surface area contributed by atoms with Crippen molar-refractivity contribution in [2.45, 2.75) is 31.5 Å². The van der Waals surface area contributed by atoms with E-state index < -0.39 is 0 Å². The van der Waals surface area contributed by atoms with Gasteiger partial charge in [0.25, 0.3) is 0 Å². The highest BCUT2D eigenvalue weighted by Crippen LogP contribution is 2.29. The highest BCUT2D eigenvalue weighted by molar-refractivity contribution is 7.13. The molecule has 0 amide bonds. The van der Waals surface area contributed by atoms with E-state index in [2.05, 4.69) is 58.1 Å². The average Bonchev–Trinajstić information content (AvgIpc) is 3.28. The van der Waals surface area contributed by atoms with Crippen LogP contribution in [-0.4, -0.2) is 35.6 Å². The summed E-state index contributed by atoms with van der Waals surface area (Å²) in [4.78, 5) is 4.43. The van der Waals surface area contributed by atoms with E-state index in [-0.39, 0.29) is 48.2 Å². The van der Waals surface area contributed by atoms with Gasteiger partial charge < -0.3 is 26.3 Å². The zero-order valence-corrected chi connectivity index (χ0v) is 21.0. The Morgan fingerprint density at radius 3 is 2.50 bits per heavy atom. The molecule has 6 N–H and O–H groups in total. The molecule has 0 unspecified atom stereocenters. The molecule has 0 aliphatic carbocycles. The Morgan fingerprint density at radius 1 is 1.09 bits per heavy atom. The second kappa shape index (κ2) is 16.2. The molecular formula is C22H32Cl3N3O3S. The summed E-state index contributed by atoms with van der Waals surface area (Å²) in [5.74, 6) is 0.919. The highest BCUT2D eigenvalue weighted by atomic mass is 35.5. The van der Waals surface area contributed by atoms with Crippen molar-refractivity contribution in [2.75, 3.05) is 13.7 Å². The first-order chi connectivity index (χ1) is 13.3. The SMILES string of the molecule is COc1ccc(-c2nccs2)cc1CN[C@H]1CCCN[C@H]1c1ccccc1.Cl.Cl.Cl.O.O.